The van der Waals surface area contributed by atoms with E-state index in [2.05, 4.69) is 53.0 Å². The van der Waals surface area contributed by atoms with Gasteiger partial charge in [-0.3, -0.25) is 0 Å². The maximum atomic E-state index is 6.02. The Labute approximate surface area is 123 Å². The normalized spacial score (nSPS) is 23.2. The zero-order valence-electron chi connectivity index (χ0n) is 11.1. The molecular formula is C14H20BrClN2. The quantitative estimate of drug-likeness (QED) is 0.879. The molecule has 0 radical (unpaired) electrons. The van der Waals surface area contributed by atoms with E-state index in [9.17, 15) is 0 Å². The van der Waals surface area contributed by atoms with Crippen molar-refractivity contribution < 1.29 is 0 Å². The van der Waals surface area contributed by atoms with Crippen LogP contribution in [0.2, 0.25) is 5.02 Å². The SMILES string of the molecule is CCC1CNC(C)(C)CN1c1ccc(Cl)cc1Br. The molecule has 1 unspecified atom stereocenters. The van der Waals surface area contributed by atoms with Gasteiger partial charge in [-0.15, -0.1) is 0 Å². The summed E-state index contributed by atoms with van der Waals surface area (Å²) in [6.45, 7) is 8.76. The van der Waals surface area contributed by atoms with Crippen molar-refractivity contribution in [2.24, 2.45) is 0 Å². The summed E-state index contributed by atoms with van der Waals surface area (Å²) < 4.78 is 1.08. The summed E-state index contributed by atoms with van der Waals surface area (Å²) in [6.07, 6.45) is 1.14. The van der Waals surface area contributed by atoms with Crippen LogP contribution in [0.5, 0.6) is 0 Å². The molecule has 4 heteroatoms. The van der Waals surface area contributed by atoms with Crippen molar-refractivity contribution in [1.29, 1.82) is 0 Å². The second kappa shape index (κ2) is 5.40. The van der Waals surface area contributed by atoms with Crippen molar-refractivity contribution in [1.82, 2.24) is 5.32 Å². The fourth-order valence-electron chi connectivity index (χ4n) is 2.48. The van der Waals surface area contributed by atoms with E-state index in [1.165, 1.54) is 5.69 Å². The van der Waals surface area contributed by atoms with Crippen LogP contribution >= 0.6 is 27.5 Å². The lowest BCUT2D eigenvalue weighted by Crippen LogP contribution is -2.61. The second-order valence-electron chi connectivity index (χ2n) is 5.55. The molecule has 1 aromatic rings. The van der Waals surface area contributed by atoms with Crippen LogP contribution in [0.25, 0.3) is 0 Å². The molecule has 2 rings (SSSR count). The molecule has 1 N–H and O–H groups in total. The van der Waals surface area contributed by atoms with Crippen LogP contribution in [-0.2, 0) is 0 Å². The molecule has 0 bridgehead atoms. The maximum absolute atomic E-state index is 6.02. The van der Waals surface area contributed by atoms with Crippen molar-refractivity contribution >= 4 is 33.2 Å². The number of anilines is 1. The fourth-order valence-corrected chi connectivity index (χ4v) is 3.39. The summed E-state index contributed by atoms with van der Waals surface area (Å²) >= 11 is 9.65. The summed E-state index contributed by atoms with van der Waals surface area (Å²) in [5.74, 6) is 0. The molecule has 1 saturated heterocycles. The third-order valence-electron chi connectivity index (χ3n) is 3.51. The summed E-state index contributed by atoms with van der Waals surface area (Å²) in [7, 11) is 0. The fraction of sp³-hybridized carbons (Fsp3) is 0.571. The number of halogens is 2. The predicted molar refractivity (Wildman–Crippen MR) is 82.7 cm³/mol. The van der Waals surface area contributed by atoms with Gasteiger partial charge in [-0.05, 0) is 54.4 Å². The van der Waals surface area contributed by atoms with Gasteiger partial charge in [0.15, 0.2) is 0 Å². The monoisotopic (exact) mass is 330 g/mol. The van der Waals surface area contributed by atoms with Gasteiger partial charge in [-0.25, -0.2) is 0 Å². The number of nitrogens with zero attached hydrogens (tertiary/aromatic N) is 1. The molecule has 0 aromatic heterocycles. The average Bonchev–Trinajstić information content (AvgIpc) is 2.28. The summed E-state index contributed by atoms with van der Waals surface area (Å²) in [5, 5.41) is 4.38. The molecule has 2 nitrogen and oxygen atoms in total. The lowest BCUT2D eigenvalue weighted by molar-refractivity contribution is 0.306. The molecular weight excluding hydrogens is 312 g/mol. The third kappa shape index (κ3) is 3.01. The van der Waals surface area contributed by atoms with Crippen molar-refractivity contribution in [3.05, 3.63) is 27.7 Å². The Bertz CT molecular complexity index is 434. The second-order valence-corrected chi connectivity index (χ2v) is 6.84. The van der Waals surface area contributed by atoms with Gasteiger partial charge in [0.25, 0.3) is 0 Å². The lowest BCUT2D eigenvalue weighted by atomic mass is 9.97. The van der Waals surface area contributed by atoms with Crippen LogP contribution in [-0.4, -0.2) is 24.7 Å². The molecule has 1 aliphatic heterocycles. The highest BCUT2D eigenvalue weighted by molar-refractivity contribution is 9.10. The predicted octanol–water partition coefficient (Wildman–Crippen LogP) is 4.07. The van der Waals surface area contributed by atoms with Crippen molar-refractivity contribution in [3.63, 3.8) is 0 Å². The van der Waals surface area contributed by atoms with E-state index in [-0.39, 0.29) is 5.54 Å². The minimum atomic E-state index is 0.144. The molecule has 1 fully saturated rings. The maximum Gasteiger partial charge on any atom is 0.0515 e. The Kier molecular flexibility index (Phi) is 4.25. The zero-order valence-corrected chi connectivity index (χ0v) is 13.5. The van der Waals surface area contributed by atoms with Gasteiger partial charge >= 0.3 is 0 Å². The van der Waals surface area contributed by atoms with E-state index in [1.807, 2.05) is 12.1 Å². The molecule has 1 heterocycles. The highest BCUT2D eigenvalue weighted by atomic mass is 79.9. The Hall–Kier alpha value is -0.250. The molecule has 1 aromatic carbocycles. The highest BCUT2D eigenvalue weighted by Gasteiger charge is 2.32. The third-order valence-corrected chi connectivity index (χ3v) is 4.38. The minimum absolute atomic E-state index is 0.144. The van der Waals surface area contributed by atoms with Crippen LogP contribution in [0.4, 0.5) is 5.69 Å². The van der Waals surface area contributed by atoms with Gasteiger partial charge in [-0.1, -0.05) is 18.5 Å². The number of benzene rings is 1. The van der Waals surface area contributed by atoms with E-state index >= 15 is 0 Å². The van der Waals surface area contributed by atoms with Gasteiger partial charge in [-0.2, -0.15) is 0 Å². The van der Waals surface area contributed by atoms with Crippen molar-refractivity contribution in [2.45, 2.75) is 38.8 Å². The first-order valence-electron chi connectivity index (χ1n) is 6.39. The molecule has 1 aliphatic rings. The van der Waals surface area contributed by atoms with E-state index in [0.717, 1.165) is 29.0 Å². The summed E-state index contributed by atoms with van der Waals surface area (Å²) in [6, 6.07) is 6.58. The summed E-state index contributed by atoms with van der Waals surface area (Å²) in [5.41, 5.74) is 1.38. The van der Waals surface area contributed by atoms with E-state index in [1.54, 1.807) is 0 Å². The summed E-state index contributed by atoms with van der Waals surface area (Å²) in [4.78, 5) is 2.48. The van der Waals surface area contributed by atoms with E-state index in [0.29, 0.717) is 6.04 Å². The first-order chi connectivity index (χ1) is 8.43. The molecule has 0 amide bonds. The van der Waals surface area contributed by atoms with Crippen LogP contribution in [0.15, 0.2) is 22.7 Å². The van der Waals surface area contributed by atoms with Crippen LogP contribution < -0.4 is 10.2 Å². The van der Waals surface area contributed by atoms with Gasteiger partial charge in [0.1, 0.15) is 0 Å². The van der Waals surface area contributed by atoms with Gasteiger partial charge in [0.2, 0.25) is 0 Å². The van der Waals surface area contributed by atoms with Crippen LogP contribution in [0.3, 0.4) is 0 Å². The van der Waals surface area contributed by atoms with E-state index in [4.69, 9.17) is 11.6 Å². The van der Waals surface area contributed by atoms with Crippen molar-refractivity contribution in [3.8, 4) is 0 Å². The van der Waals surface area contributed by atoms with Gasteiger partial charge in [0.05, 0.1) is 5.69 Å². The molecule has 18 heavy (non-hydrogen) atoms. The first-order valence-corrected chi connectivity index (χ1v) is 7.57. The van der Waals surface area contributed by atoms with Crippen molar-refractivity contribution in [2.75, 3.05) is 18.0 Å². The standard InChI is InChI=1S/C14H20BrClN2/c1-4-11-8-17-14(2,3)9-18(11)13-6-5-10(16)7-12(13)15/h5-7,11,17H,4,8-9H2,1-3H3. The minimum Gasteiger partial charge on any atom is -0.365 e. The Morgan fingerprint density at radius 2 is 2.22 bits per heavy atom. The van der Waals surface area contributed by atoms with Gasteiger partial charge < -0.3 is 10.2 Å². The Balaban J connectivity index is 2.32. The molecule has 0 saturated carbocycles. The smallest absolute Gasteiger partial charge is 0.0515 e. The number of rotatable bonds is 2. The number of piperazine rings is 1. The molecule has 1 atom stereocenters. The van der Waals surface area contributed by atoms with Gasteiger partial charge in [0, 0.05) is 34.2 Å². The number of hydrogen-bond acceptors (Lipinski definition) is 2. The first kappa shape index (κ1) is 14.2. The molecule has 0 spiro atoms. The topological polar surface area (TPSA) is 15.3 Å². The Morgan fingerprint density at radius 3 is 2.83 bits per heavy atom. The highest BCUT2D eigenvalue weighted by Crippen LogP contribution is 2.33. The molecule has 0 aliphatic carbocycles. The number of nitrogens with one attached hydrogen (secondary N) is 1. The molecule has 100 valence electrons. The zero-order chi connectivity index (χ0) is 13.3. The van der Waals surface area contributed by atoms with Crippen LogP contribution in [0, 0.1) is 0 Å². The Morgan fingerprint density at radius 1 is 1.50 bits per heavy atom. The van der Waals surface area contributed by atoms with Crippen LogP contribution in [0.1, 0.15) is 27.2 Å². The lowest BCUT2D eigenvalue weighted by Gasteiger charge is -2.46. The largest absolute Gasteiger partial charge is 0.365 e. The number of hydrogen-bond donors (Lipinski definition) is 1. The van der Waals surface area contributed by atoms with E-state index < -0.39 is 0 Å². The average molecular weight is 332 g/mol.